The summed E-state index contributed by atoms with van der Waals surface area (Å²) in [4.78, 5) is 0. The lowest BCUT2D eigenvalue weighted by Gasteiger charge is -2.25. The normalized spacial score (nSPS) is 25.6. The second kappa shape index (κ2) is 4.89. The van der Waals surface area contributed by atoms with Gasteiger partial charge in [0.1, 0.15) is 0 Å². The number of hydrogen-bond acceptors (Lipinski definition) is 1. The molecule has 1 saturated heterocycles. The van der Waals surface area contributed by atoms with Crippen molar-refractivity contribution in [1.82, 2.24) is 5.32 Å². The number of nitrogens with one attached hydrogen (secondary N) is 1. The first-order chi connectivity index (χ1) is 6.17. The Hall–Kier alpha value is -0.180. The topological polar surface area (TPSA) is 12.0 Å². The van der Waals surface area contributed by atoms with Crippen molar-refractivity contribution in [3.05, 3.63) is 0 Å². The summed E-state index contributed by atoms with van der Waals surface area (Å²) in [6, 6.07) is 0. The maximum atomic E-state index is 13.5. The van der Waals surface area contributed by atoms with Crippen LogP contribution in [0.1, 0.15) is 39.0 Å². The molecule has 0 amide bonds. The molecule has 0 saturated carbocycles. The molecule has 0 aromatic carbocycles. The van der Waals surface area contributed by atoms with Gasteiger partial charge in [-0.25, -0.2) is 8.78 Å². The fraction of sp³-hybridized carbons (Fsp3) is 1.00. The third kappa shape index (κ3) is 3.22. The van der Waals surface area contributed by atoms with Crippen LogP contribution in [0.2, 0.25) is 0 Å². The van der Waals surface area contributed by atoms with Gasteiger partial charge >= 0.3 is 0 Å². The summed E-state index contributed by atoms with van der Waals surface area (Å²) in [6.45, 7) is 3.48. The van der Waals surface area contributed by atoms with Gasteiger partial charge in [0.25, 0.3) is 5.92 Å². The van der Waals surface area contributed by atoms with E-state index in [0.717, 1.165) is 19.5 Å². The van der Waals surface area contributed by atoms with E-state index in [0.29, 0.717) is 19.3 Å². The molecule has 0 spiro atoms. The zero-order valence-corrected chi connectivity index (χ0v) is 8.28. The summed E-state index contributed by atoms with van der Waals surface area (Å²) in [7, 11) is 0. The van der Waals surface area contributed by atoms with Gasteiger partial charge in [0, 0.05) is 12.3 Å². The molecule has 1 rings (SSSR count). The molecule has 1 N–H and O–H groups in total. The molecule has 1 heterocycles. The minimum absolute atomic E-state index is 0.0532. The van der Waals surface area contributed by atoms with Crippen molar-refractivity contribution in [2.45, 2.75) is 45.0 Å². The van der Waals surface area contributed by atoms with Crippen LogP contribution in [0.5, 0.6) is 0 Å². The third-order valence-electron chi connectivity index (χ3n) is 2.76. The molecule has 78 valence electrons. The van der Waals surface area contributed by atoms with Crippen LogP contribution < -0.4 is 5.32 Å². The molecule has 0 aromatic rings. The lowest BCUT2D eigenvalue weighted by atomic mass is 9.91. The van der Waals surface area contributed by atoms with Crippen LogP contribution in [0, 0.1) is 5.92 Å². The van der Waals surface area contributed by atoms with Crippen LogP contribution in [0.4, 0.5) is 8.78 Å². The van der Waals surface area contributed by atoms with E-state index in [1.165, 1.54) is 0 Å². The van der Waals surface area contributed by atoms with E-state index in [-0.39, 0.29) is 12.3 Å². The van der Waals surface area contributed by atoms with E-state index in [9.17, 15) is 8.78 Å². The Morgan fingerprint density at radius 1 is 1.31 bits per heavy atom. The molecule has 1 nitrogen and oxygen atoms in total. The second-order valence-corrected chi connectivity index (χ2v) is 3.89. The number of alkyl halides is 2. The molecule has 0 aromatic heterocycles. The third-order valence-corrected chi connectivity index (χ3v) is 2.76. The molecular formula is C10H19F2N. The maximum Gasteiger partial charge on any atom is 0.250 e. The van der Waals surface area contributed by atoms with Gasteiger partial charge in [-0.3, -0.25) is 0 Å². The highest BCUT2D eigenvalue weighted by molar-refractivity contribution is 4.79. The van der Waals surface area contributed by atoms with E-state index >= 15 is 0 Å². The minimum Gasteiger partial charge on any atom is -0.317 e. The zero-order chi connectivity index (χ0) is 9.73. The molecule has 1 aliphatic rings. The number of rotatable bonds is 3. The summed E-state index contributed by atoms with van der Waals surface area (Å²) in [5, 5.41) is 3.16. The van der Waals surface area contributed by atoms with Crippen molar-refractivity contribution in [2.75, 3.05) is 13.1 Å². The molecule has 0 radical (unpaired) electrons. The standard InChI is InChI=1S/C10H19F2N/c1-2-6-10(11,12)9-4-3-7-13-8-5-9/h9,13H,2-8H2,1H3. The Labute approximate surface area is 78.9 Å². The molecule has 13 heavy (non-hydrogen) atoms. The lowest BCUT2D eigenvalue weighted by molar-refractivity contribution is -0.0697. The second-order valence-electron chi connectivity index (χ2n) is 3.89. The minimum atomic E-state index is -2.43. The predicted octanol–water partition coefficient (Wildman–Crippen LogP) is 2.81. The van der Waals surface area contributed by atoms with Crippen molar-refractivity contribution in [3.8, 4) is 0 Å². The van der Waals surface area contributed by atoms with E-state index in [2.05, 4.69) is 5.32 Å². The zero-order valence-electron chi connectivity index (χ0n) is 8.28. The molecular weight excluding hydrogens is 172 g/mol. The average molecular weight is 191 g/mol. The van der Waals surface area contributed by atoms with E-state index in [1.54, 1.807) is 0 Å². The van der Waals surface area contributed by atoms with Gasteiger partial charge in [0.15, 0.2) is 0 Å². The molecule has 3 heteroatoms. The molecule has 1 atom stereocenters. The lowest BCUT2D eigenvalue weighted by Crippen LogP contribution is -2.28. The fourth-order valence-electron chi connectivity index (χ4n) is 1.98. The van der Waals surface area contributed by atoms with Gasteiger partial charge in [0.2, 0.25) is 0 Å². The highest BCUT2D eigenvalue weighted by Gasteiger charge is 2.37. The van der Waals surface area contributed by atoms with Gasteiger partial charge in [-0.05, 0) is 32.4 Å². The first kappa shape index (κ1) is 10.9. The van der Waals surface area contributed by atoms with Crippen LogP contribution >= 0.6 is 0 Å². The van der Waals surface area contributed by atoms with Gasteiger partial charge in [-0.15, -0.1) is 0 Å². The molecule has 0 bridgehead atoms. The van der Waals surface area contributed by atoms with Gasteiger partial charge < -0.3 is 5.32 Å². The van der Waals surface area contributed by atoms with Crippen LogP contribution in [-0.4, -0.2) is 19.0 Å². The smallest absolute Gasteiger partial charge is 0.250 e. The Balaban J connectivity index is 2.46. The monoisotopic (exact) mass is 191 g/mol. The van der Waals surface area contributed by atoms with E-state index in [1.807, 2.05) is 6.92 Å². The Morgan fingerprint density at radius 2 is 2.08 bits per heavy atom. The summed E-state index contributed by atoms with van der Waals surface area (Å²) in [6.07, 6.45) is 2.84. The summed E-state index contributed by atoms with van der Waals surface area (Å²) < 4.78 is 26.9. The van der Waals surface area contributed by atoms with Crippen LogP contribution in [0.25, 0.3) is 0 Å². The van der Waals surface area contributed by atoms with Gasteiger partial charge in [-0.1, -0.05) is 13.3 Å². The Morgan fingerprint density at radius 3 is 2.77 bits per heavy atom. The van der Waals surface area contributed by atoms with Crippen molar-refractivity contribution < 1.29 is 8.78 Å². The molecule has 0 aliphatic carbocycles. The van der Waals surface area contributed by atoms with Crippen molar-refractivity contribution >= 4 is 0 Å². The van der Waals surface area contributed by atoms with Crippen molar-refractivity contribution in [3.63, 3.8) is 0 Å². The first-order valence-electron chi connectivity index (χ1n) is 5.25. The average Bonchev–Trinajstić information content (AvgIpc) is 2.31. The summed E-state index contributed by atoms with van der Waals surface area (Å²) in [5.74, 6) is -2.82. The van der Waals surface area contributed by atoms with Crippen molar-refractivity contribution in [1.29, 1.82) is 0 Å². The number of hydrogen-bond donors (Lipinski definition) is 1. The quantitative estimate of drug-likeness (QED) is 0.723. The molecule has 1 fully saturated rings. The first-order valence-corrected chi connectivity index (χ1v) is 5.25. The highest BCUT2D eigenvalue weighted by Crippen LogP contribution is 2.35. The van der Waals surface area contributed by atoms with Crippen LogP contribution in [0.3, 0.4) is 0 Å². The maximum absolute atomic E-state index is 13.5. The van der Waals surface area contributed by atoms with E-state index < -0.39 is 5.92 Å². The Kier molecular flexibility index (Phi) is 4.10. The van der Waals surface area contributed by atoms with E-state index in [4.69, 9.17) is 0 Å². The molecule has 1 unspecified atom stereocenters. The molecule has 1 aliphatic heterocycles. The summed E-state index contributed by atoms with van der Waals surface area (Å²) in [5.41, 5.74) is 0. The SMILES string of the molecule is CCCC(F)(F)C1CCCNCC1. The van der Waals surface area contributed by atoms with Crippen LogP contribution in [0.15, 0.2) is 0 Å². The summed E-state index contributed by atoms with van der Waals surface area (Å²) >= 11 is 0. The Bertz CT molecular complexity index is 140. The highest BCUT2D eigenvalue weighted by atomic mass is 19.3. The van der Waals surface area contributed by atoms with Crippen LogP contribution in [-0.2, 0) is 0 Å². The van der Waals surface area contributed by atoms with Gasteiger partial charge in [-0.2, -0.15) is 0 Å². The van der Waals surface area contributed by atoms with Gasteiger partial charge in [0.05, 0.1) is 0 Å². The largest absolute Gasteiger partial charge is 0.317 e. The predicted molar refractivity (Wildman–Crippen MR) is 50.1 cm³/mol. The van der Waals surface area contributed by atoms with Crippen molar-refractivity contribution in [2.24, 2.45) is 5.92 Å². The number of halogens is 2. The fourth-order valence-corrected chi connectivity index (χ4v) is 1.98.